The van der Waals surface area contributed by atoms with Crippen LogP contribution in [0.25, 0.3) is 0 Å². The molecule has 1 aliphatic rings. The first kappa shape index (κ1) is 17.2. The highest BCUT2D eigenvalue weighted by Crippen LogP contribution is 2.30. The van der Waals surface area contributed by atoms with E-state index in [4.69, 9.17) is 9.47 Å². The van der Waals surface area contributed by atoms with Crippen LogP contribution in [0.1, 0.15) is 31.9 Å². The van der Waals surface area contributed by atoms with E-state index in [1.165, 1.54) is 4.31 Å². The largest absolute Gasteiger partial charge is 0.494 e. The van der Waals surface area contributed by atoms with Crippen molar-refractivity contribution in [2.45, 2.75) is 51.7 Å². The lowest BCUT2D eigenvalue weighted by Gasteiger charge is -2.34. The molecule has 6 heteroatoms. The maximum absolute atomic E-state index is 13.0. The van der Waals surface area contributed by atoms with Gasteiger partial charge in [-0.2, -0.15) is 4.31 Å². The number of ether oxygens (including phenoxy) is 2. The highest BCUT2D eigenvalue weighted by atomic mass is 32.2. The van der Waals surface area contributed by atoms with E-state index in [1.807, 2.05) is 34.6 Å². The van der Waals surface area contributed by atoms with Gasteiger partial charge in [0.15, 0.2) is 0 Å². The Hall–Kier alpha value is -1.11. The zero-order valence-corrected chi connectivity index (χ0v) is 14.7. The van der Waals surface area contributed by atoms with E-state index in [1.54, 1.807) is 12.1 Å². The third-order valence-electron chi connectivity index (χ3n) is 3.99. The van der Waals surface area contributed by atoms with E-state index in [9.17, 15) is 8.42 Å². The van der Waals surface area contributed by atoms with Crippen molar-refractivity contribution in [1.29, 1.82) is 0 Å². The molecule has 0 saturated carbocycles. The molecule has 0 aliphatic carbocycles. The molecule has 0 N–H and O–H groups in total. The summed E-state index contributed by atoms with van der Waals surface area (Å²) in [5, 5.41) is 0. The Labute approximate surface area is 133 Å². The van der Waals surface area contributed by atoms with Gasteiger partial charge in [-0.15, -0.1) is 0 Å². The molecule has 0 amide bonds. The van der Waals surface area contributed by atoms with E-state index < -0.39 is 10.0 Å². The monoisotopic (exact) mass is 327 g/mol. The molecule has 0 aromatic heterocycles. The van der Waals surface area contributed by atoms with Crippen LogP contribution in [-0.2, 0) is 14.8 Å². The van der Waals surface area contributed by atoms with Crippen molar-refractivity contribution in [3.63, 3.8) is 0 Å². The molecule has 0 radical (unpaired) electrons. The van der Waals surface area contributed by atoms with E-state index in [0.717, 1.165) is 16.9 Å². The van der Waals surface area contributed by atoms with Crippen LogP contribution in [0.5, 0.6) is 5.75 Å². The highest BCUT2D eigenvalue weighted by molar-refractivity contribution is 7.89. The molecule has 5 nitrogen and oxygen atoms in total. The van der Waals surface area contributed by atoms with Crippen molar-refractivity contribution in [3.8, 4) is 5.75 Å². The van der Waals surface area contributed by atoms with Gasteiger partial charge in [-0.05, 0) is 57.9 Å². The van der Waals surface area contributed by atoms with Crippen LogP contribution in [0.2, 0.25) is 0 Å². The van der Waals surface area contributed by atoms with Gasteiger partial charge in [-0.1, -0.05) is 0 Å². The first-order valence-electron chi connectivity index (χ1n) is 7.66. The smallest absolute Gasteiger partial charge is 0.243 e. The molecular weight excluding hydrogens is 302 g/mol. The van der Waals surface area contributed by atoms with E-state index in [0.29, 0.717) is 24.6 Å². The van der Waals surface area contributed by atoms with Gasteiger partial charge in [-0.25, -0.2) is 8.42 Å². The summed E-state index contributed by atoms with van der Waals surface area (Å²) < 4.78 is 38.6. The zero-order chi connectivity index (χ0) is 16.5. The van der Waals surface area contributed by atoms with Crippen molar-refractivity contribution in [2.75, 3.05) is 19.7 Å². The predicted octanol–water partition coefficient (Wildman–Crippen LogP) is 2.50. The maximum atomic E-state index is 13.0. The molecule has 2 atom stereocenters. The quantitative estimate of drug-likeness (QED) is 0.852. The SMILES string of the molecule is CCOc1ccc(S(=O)(=O)N2CC(C)OC(C)C2)c(C)c1C. The fraction of sp³-hybridized carbons (Fsp3) is 0.625. The average Bonchev–Trinajstić information content (AvgIpc) is 2.43. The zero-order valence-electron chi connectivity index (χ0n) is 13.9. The molecule has 1 aromatic rings. The van der Waals surface area contributed by atoms with Gasteiger partial charge in [0.05, 0.1) is 23.7 Å². The molecule has 0 spiro atoms. The number of morpholine rings is 1. The van der Waals surface area contributed by atoms with Gasteiger partial charge in [0, 0.05) is 13.1 Å². The molecule has 1 aliphatic heterocycles. The molecule has 1 saturated heterocycles. The van der Waals surface area contributed by atoms with Gasteiger partial charge in [0.1, 0.15) is 5.75 Å². The minimum Gasteiger partial charge on any atom is -0.494 e. The van der Waals surface area contributed by atoms with Crippen molar-refractivity contribution in [3.05, 3.63) is 23.3 Å². The average molecular weight is 327 g/mol. The first-order chi connectivity index (χ1) is 10.3. The number of rotatable bonds is 4. The summed E-state index contributed by atoms with van der Waals surface area (Å²) in [7, 11) is -3.51. The molecule has 0 bridgehead atoms. The van der Waals surface area contributed by atoms with Gasteiger partial charge in [-0.3, -0.25) is 0 Å². The molecule has 2 rings (SSSR count). The fourth-order valence-corrected chi connectivity index (χ4v) is 4.70. The topological polar surface area (TPSA) is 55.8 Å². The summed E-state index contributed by atoms with van der Waals surface area (Å²) in [6, 6.07) is 3.39. The Morgan fingerprint density at radius 2 is 1.77 bits per heavy atom. The summed E-state index contributed by atoms with van der Waals surface area (Å²) in [5.41, 5.74) is 1.62. The Bertz CT molecular complexity index is 632. The first-order valence-corrected chi connectivity index (χ1v) is 9.10. The predicted molar refractivity (Wildman–Crippen MR) is 85.9 cm³/mol. The minimum atomic E-state index is -3.51. The van der Waals surface area contributed by atoms with E-state index in [2.05, 4.69) is 0 Å². The number of hydrogen-bond donors (Lipinski definition) is 0. The number of hydrogen-bond acceptors (Lipinski definition) is 4. The second-order valence-electron chi connectivity index (χ2n) is 5.82. The third-order valence-corrected chi connectivity index (χ3v) is 5.97. The van der Waals surface area contributed by atoms with Crippen LogP contribution in [0.15, 0.2) is 17.0 Å². The van der Waals surface area contributed by atoms with Gasteiger partial charge in [0.25, 0.3) is 0 Å². The standard InChI is InChI=1S/C16H25NO4S/c1-6-20-15-7-8-16(14(5)13(15)4)22(18,19)17-9-11(2)21-12(3)10-17/h7-8,11-12H,6,9-10H2,1-5H3. The van der Waals surface area contributed by atoms with Crippen LogP contribution >= 0.6 is 0 Å². The summed E-state index contributed by atoms with van der Waals surface area (Å²) in [6.45, 7) is 10.8. The normalized spacial score (nSPS) is 23.5. The maximum Gasteiger partial charge on any atom is 0.243 e. The molecule has 2 unspecified atom stereocenters. The van der Waals surface area contributed by atoms with Crippen LogP contribution in [0.3, 0.4) is 0 Å². The summed E-state index contributed by atoms with van der Waals surface area (Å²) >= 11 is 0. The molecule has 1 fully saturated rings. The lowest BCUT2D eigenvalue weighted by Crippen LogP contribution is -2.48. The van der Waals surface area contributed by atoms with Crippen molar-refractivity contribution in [1.82, 2.24) is 4.31 Å². The summed E-state index contributed by atoms with van der Waals surface area (Å²) in [4.78, 5) is 0.356. The van der Waals surface area contributed by atoms with Crippen LogP contribution in [0, 0.1) is 13.8 Å². The van der Waals surface area contributed by atoms with E-state index in [-0.39, 0.29) is 12.2 Å². The Balaban J connectivity index is 2.39. The second kappa shape index (κ2) is 6.56. The Kier molecular flexibility index (Phi) is 5.14. The van der Waals surface area contributed by atoms with Gasteiger partial charge >= 0.3 is 0 Å². The van der Waals surface area contributed by atoms with Gasteiger partial charge in [0.2, 0.25) is 10.0 Å². The molecule has 22 heavy (non-hydrogen) atoms. The van der Waals surface area contributed by atoms with Crippen molar-refractivity contribution in [2.24, 2.45) is 0 Å². The Morgan fingerprint density at radius 3 is 2.32 bits per heavy atom. The lowest BCUT2D eigenvalue weighted by atomic mass is 10.1. The molecule has 1 heterocycles. The molecular formula is C16H25NO4S. The van der Waals surface area contributed by atoms with Crippen molar-refractivity contribution < 1.29 is 17.9 Å². The van der Waals surface area contributed by atoms with Crippen LogP contribution in [0.4, 0.5) is 0 Å². The highest BCUT2D eigenvalue weighted by Gasteiger charge is 2.33. The fourth-order valence-electron chi connectivity index (χ4n) is 2.83. The van der Waals surface area contributed by atoms with Crippen LogP contribution in [-0.4, -0.2) is 44.6 Å². The van der Waals surface area contributed by atoms with Crippen LogP contribution < -0.4 is 4.74 Å². The number of sulfonamides is 1. The summed E-state index contributed by atoms with van der Waals surface area (Å²) in [6.07, 6.45) is -0.190. The van der Waals surface area contributed by atoms with Gasteiger partial charge < -0.3 is 9.47 Å². The van der Waals surface area contributed by atoms with E-state index >= 15 is 0 Å². The Morgan fingerprint density at radius 1 is 1.18 bits per heavy atom. The molecule has 124 valence electrons. The second-order valence-corrected chi connectivity index (χ2v) is 7.73. The number of benzene rings is 1. The molecule has 1 aromatic carbocycles. The summed E-state index contributed by atoms with van der Waals surface area (Å²) in [5.74, 6) is 0.739. The lowest BCUT2D eigenvalue weighted by molar-refractivity contribution is -0.0440. The third kappa shape index (κ3) is 3.29. The minimum absolute atomic E-state index is 0.0948. The van der Waals surface area contributed by atoms with Crippen molar-refractivity contribution >= 4 is 10.0 Å². The number of nitrogens with zero attached hydrogens (tertiary/aromatic N) is 1.